The predicted molar refractivity (Wildman–Crippen MR) is 131 cm³/mol. The van der Waals surface area contributed by atoms with Gasteiger partial charge in [-0.25, -0.2) is 0 Å². The number of carbonyl (C=O) groups is 3. The van der Waals surface area contributed by atoms with Crippen molar-refractivity contribution >= 4 is 24.3 Å². The highest BCUT2D eigenvalue weighted by Gasteiger charge is 2.36. The van der Waals surface area contributed by atoms with Gasteiger partial charge in [0, 0.05) is 45.4 Å². The van der Waals surface area contributed by atoms with E-state index in [9.17, 15) is 14.4 Å². The maximum absolute atomic E-state index is 13.3. The number of nitrogens with zero attached hydrogens (tertiary/aromatic N) is 3. The average Bonchev–Trinajstić information content (AvgIpc) is 2.90. The largest absolute Gasteiger partial charge is 0.359 e. The van der Waals surface area contributed by atoms with E-state index in [0.29, 0.717) is 31.8 Å². The maximum Gasteiger partial charge on any atom is 0.255 e. The van der Waals surface area contributed by atoms with E-state index in [0.717, 1.165) is 17.4 Å². The molecule has 1 fully saturated rings. The number of nitrogens with one attached hydrogen (secondary N) is 1. The van der Waals surface area contributed by atoms with Crippen molar-refractivity contribution in [3.8, 4) is 0 Å². The van der Waals surface area contributed by atoms with Crippen molar-refractivity contribution in [1.82, 2.24) is 15.1 Å². The van der Waals surface area contributed by atoms with E-state index in [1.165, 1.54) is 0 Å². The van der Waals surface area contributed by atoms with Gasteiger partial charge in [0.25, 0.3) is 5.91 Å². The van der Waals surface area contributed by atoms with Crippen LogP contribution in [0.4, 0.5) is 0 Å². The molecule has 2 aliphatic heterocycles. The molecule has 1 saturated heterocycles. The monoisotopic (exact) mass is 458 g/mol. The maximum atomic E-state index is 13.3. The summed E-state index contributed by atoms with van der Waals surface area (Å²) < 4.78 is 0. The summed E-state index contributed by atoms with van der Waals surface area (Å²) in [5.74, 6) is -0.580. The molecule has 7 nitrogen and oxygen atoms in total. The molecule has 2 heterocycles. The minimum atomic E-state index is -0.368. The van der Waals surface area contributed by atoms with Crippen LogP contribution in [0.2, 0.25) is 0 Å². The molecule has 7 heteroatoms. The molecule has 2 atom stereocenters. The van der Waals surface area contributed by atoms with Crippen molar-refractivity contribution in [3.63, 3.8) is 0 Å². The second-order valence-corrected chi connectivity index (χ2v) is 8.66. The molecular weight excluding hydrogens is 428 g/mol. The van der Waals surface area contributed by atoms with Gasteiger partial charge < -0.3 is 15.0 Å². The SMILES string of the molecule is CNC(=O)CC1CN(C(=O)C2=CC(C=O)CN=C2)CCN1C(c1ccccc1)c1ccccc1. The lowest BCUT2D eigenvalue weighted by Crippen LogP contribution is -2.57. The molecule has 0 radical (unpaired) electrons. The van der Waals surface area contributed by atoms with Crippen LogP contribution in [0.15, 0.2) is 77.3 Å². The first-order chi connectivity index (χ1) is 16.6. The highest BCUT2D eigenvalue weighted by Crippen LogP contribution is 2.33. The third-order valence-electron chi connectivity index (χ3n) is 6.44. The molecule has 176 valence electrons. The number of carbonyl (C=O) groups excluding carboxylic acids is 3. The Morgan fingerprint density at radius 3 is 2.29 bits per heavy atom. The third kappa shape index (κ3) is 5.31. The van der Waals surface area contributed by atoms with Crippen LogP contribution >= 0.6 is 0 Å². The zero-order valence-corrected chi connectivity index (χ0v) is 19.3. The molecule has 0 bridgehead atoms. The van der Waals surface area contributed by atoms with E-state index in [4.69, 9.17) is 0 Å². The lowest BCUT2D eigenvalue weighted by Gasteiger charge is -2.45. The van der Waals surface area contributed by atoms with Gasteiger partial charge in [-0.3, -0.25) is 19.5 Å². The molecule has 0 saturated carbocycles. The van der Waals surface area contributed by atoms with Crippen molar-refractivity contribution in [2.24, 2.45) is 10.9 Å². The summed E-state index contributed by atoms with van der Waals surface area (Å²) in [6.07, 6.45) is 4.35. The van der Waals surface area contributed by atoms with Gasteiger partial charge in [0.05, 0.1) is 24.1 Å². The third-order valence-corrected chi connectivity index (χ3v) is 6.44. The molecule has 4 rings (SSSR count). The molecule has 0 spiro atoms. The van der Waals surface area contributed by atoms with Gasteiger partial charge in [0.2, 0.25) is 5.91 Å². The van der Waals surface area contributed by atoms with Gasteiger partial charge in [0.1, 0.15) is 6.29 Å². The molecule has 1 N–H and O–H groups in total. The van der Waals surface area contributed by atoms with E-state index in [-0.39, 0.29) is 36.2 Å². The van der Waals surface area contributed by atoms with Crippen molar-refractivity contribution in [3.05, 3.63) is 83.4 Å². The van der Waals surface area contributed by atoms with Gasteiger partial charge >= 0.3 is 0 Å². The number of aldehydes is 1. The van der Waals surface area contributed by atoms with Crippen molar-refractivity contribution < 1.29 is 14.4 Å². The van der Waals surface area contributed by atoms with Crippen LogP contribution in [-0.2, 0) is 14.4 Å². The van der Waals surface area contributed by atoms with Crippen LogP contribution in [0, 0.1) is 5.92 Å². The molecule has 2 aromatic rings. The van der Waals surface area contributed by atoms with E-state index in [2.05, 4.69) is 39.5 Å². The zero-order chi connectivity index (χ0) is 23.9. The first kappa shape index (κ1) is 23.6. The van der Waals surface area contributed by atoms with Crippen LogP contribution < -0.4 is 5.32 Å². The molecule has 2 aromatic carbocycles. The standard InChI is InChI=1S/C27H30N4O3/c1-28-25(33)15-24-18-30(27(34)23-14-20(19-32)16-29-17-23)12-13-31(24)26(21-8-4-2-5-9-21)22-10-6-3-7-11-22/h2-11,14,17,19-20,24,26H,12-13,15-16,18H2,1H3,(H,28,33). The van der Waals surface area contributed by atoms with Gasteiger partial charge in [0.15, 0.2) is 0 Å². The first-order valence-corrected chi connectivity index (χ1v) is 11.6. The minimum Gasteiger partial charge on any atom is -0.359 e. The zero-order valence-electron chi connectivity index (χ0n) is 19.3. The summed E-state index contributed by atoms with van der Waals surface area (Å²) in [7, 11) is 1.63. The Bertz CT molecular complexity index is 1030. The molecule has 0 aliphatic carbocycles. The summed E-state index contributed by atoms with van der Waals surface area (Å²) in [4.78, 5) is 45.2. The summed E-state index contributed by atoms with van der Waals surface area (Å²) >= 11 is 0. The number of dihydropyridines is 1. The number of piperazine rings is 1. The summed E-state index contributed by atoms with van der Waals surface area (Å²) in [6, 6.07) is 20.3. The van der Waals surface area contributed by atoms with Crippen LogP contribution in [0.5, 0.6) is 0 Å². The second-order valence-electron chi connectivity index (χ2n) is 8.66. The second kappa shape index (κ2) is 11.0. The fourth-order valence-electron chi connectivity index (χ4n) is 4.73. The Hall–Kier alpha value is -3.58. The Morgan fingerprint density at radius 1 is 1.06 bits per heavy atom. The molecule has 2 aliphatic rings. The number of hydrogen-bond donors (Lipinski definition) is 1. The van der Waals surface area contributed by atoms with Crippen LogP contribution in [0.3, 0.4) is 0 Å². The number of rotatable bonds is 7. The van der Waals surface area contributed by atoms with Gasteiger partial charge in [-0.2, -0.15) is 0 Å². The molecule has 2 unspecified atom stereocenters. The summed E-state index contributed by atoms with van der Waals surface area (Å²) in [5.41, 5.74) is 2.73. The van der Waals surface area contributed by atoms with Crippen molar-refractivity contribution in [2.75, 3.05) is 33.2 Å². The molecular formula is C27H30N4O3. The predicted octanol–water partition coefficient (Wildman–Crippen LogP) is 2.25. The average molecular weight is 459 g/mol. The first-order valence-electron chi connectivity index (χ1n) is 11.6. The lowest BCUT2D eigenvalue weighted by atomic mass is 9.93. The number of amides is 2. The van der Waals surface area contributed by atoms with E-state index < -0.39 is 0 Å². The Labute approximate surface area is 200 Å². The van der Waals surface area contributed by atoms with Crippen LogP contribution in [0.1, 0.15) is 23.6 Å². The molecule has 0 aromatic heterocycles. The fraction of sp³-hybridized carbons (Fsp3) is 0.333. The van der Waals surface area contributed by atoms with Gasteiger partial charge in [-0.15, -0.1) is 0 Å². The fourth-order valence-corrected chi connectivity index (χ4v) is 4.73. The van der Waals surface area contributed by atoms with Crippen LogP contribution in [0.25, 0.3) is 0 Å². The van der Waals surface area contributed by atoms with E-state index in [1.807, 2.05) is 36.4 Å². The van der Waals surface area contributed by atoms with Crippen LogP contribution in [-0.4, -0.2) is 73.4 Å². The van der Waals surface area contributed by atoms with Gasteiger partial charge in [-0.1, -0.05) is 66.7 Å². The number of benzene rings is 2. The Morgan fingerprint density at radius 2 is 1.71 bits per heavy atom. The Kier molecular flexibility index (Phi) is 7.65. The van der Waals surface area contributed by atoms with E-state index >= 15 is 0 Å². The molecule has 34 heavy (non-hydrogen) atoms. The van der Waals surface area contributed by atoms with Gasteiger partial charge in [-0.05, 0) is 11.1 Å². The summed E-state index contributed by atoms with van der Waals surface area (Å²) in [5, 5.41) is 2.73. The normalized spacial score (nSPS) is 20.6. The smallest absolute Gasteiger partial charge is 0.255 e. The van der Waals surface area contributed by atoms with E-state index in [1.54, 1.807) is 24.2 Å². The van der Waals surface area contributed by atoms with Crippen molar-refractivity contribution in [1.29, 1.82) is 0 Å². The minimum absolute atomic E-state index is 0.0378. The number of aliphatic imine (C=N–C) groups is 1. The number of hydrogen-bond acceptors (Lipinski definition) is 5. The Balaban J connectivity index is 1.64. The lowest BCUT2D eigenvalue weighted by molar-refractivity contribution is -0.132. The topological polar surface area (TPSA) is 82.1 Å². The molecule has 2 amide bonds. The summed E-state index contributed by atoms with van der Waals surface area (Å²) in [6.45, 7) is 1.93. The highest BCUT2D eigenvalue weighted by molar-refractivity contribution is 6.12. The quantitative estimate of drug-likeness (QED) is 0.646. The van der Waals surface area contributed by atoms with Crippen molar-refractivity contribution in [2.45, 2.75) is 18.5 Å². The highest BCUT2D eigenvalue weighted by atomic mass is 16.2.